The van der Waals surface area contributed by atoms with Crippen molar-refractivity contribution >= 4 is 28.4 Å². The van der Waals surface area contributed by atoms with E-state index < -0.39 is 0 Å². The number of anilines is 1. The minimum Gasteiger partial charge on any atom is -0.398 e. The van der Waals surface area contributed by atoms with Crippen molar-refractivity contribution < 1.29 is 0 Å². The summed E-state index contributed by atoms with van der Waals surface area (Å²) in [6.45, 7) is 3.92. The van der Waals surface area contributed by atoms with E-state index in [0.29, 0.717) is 0 Å². The van der Waals surface area contributed by atoms with Crippen LogP contribution in [0.2, 0.25) is 0 Å². The van der Waals surface area contributed by atoms with Crippen LogP contribution in [0.5, 0.6) is 0 Å². The Morgan fingerprint density at radius 2 is 2.13 bits per heavy atom. The number of aryl methyl sites for hydroxylation is 1. The van der Waals surface area contributed by atoms with Gasteiger partial charge in [-0.25, -0.2) is 0 Å². The molecule has 0 spiro atoms. The molecule has 0 radical (unpaired) electrons. The highest BCUT2D eigenvalue weighted by Gasteiger charge is 2.00. The van der Waals surface area contributed by atoms with Gasteiger partial charge in [0.1, 0.15) is 0 Å². The first kappa shape index (κ1) is 10.7. The van der Waals surface area contributed by atoms with Crippen molar-refractivity contribution in [3.8, 4) is 0 Å². The van der Waals surface area contributed by atoms with Gasteiger partial charge in [-0.1, -0.05) is 0 Å². The van der Waals surface area contributed by atoms with E-state index in [2.05, 4.69) is 24.4 Å². The first-order valence-corrected chi connectivity index (χ1v) is 6.53. The van der Waals surface area contributed by atoms with Gasteiger partial charge in [0.25, 0.3) is 0 Å². The summed E-state index contributed by atoms with van der Waals surface area (Å²) in [5.41, 5.74) is 6.70. The summed E-state index contributed by atoms with van der Waals surface area (Å²) >= 11 is 3.54. The average Bonchev–Trinajstić information content (AvgIpc) is 2.77. The minimum absolute atomic E-state index is 0.862. The molecule has 0 atom stereocenters. The summed E-state index contributed by atoms with van der Waals surface area (Å²) in [6.07, 6.45) is 0. The zero-order valence-electron chi connectivity index (χ0n) is 8.62. The van der Waals surface area contributed by atoms with E-state index in [1.807, 2.05) is 22.8 Å². The third-order valence-corrected chi connectivity index (χ3v) is 4.10. The summed E-state index contributed by atoms with van der Waals surface area (Å²) in [6, 6.07) is 6.28. The van der Waals surface area contributed by atoms with Crippen LogP contribution in [0.3, 0.4) is 0 Å². The molecule has 3 N–H and O–H groups in total. The van der Waals surface area contributed by atoms with Gasteiger partial charge in [-0.2, -0.15) is 0 Å². The van der Waals surface area contributed by atoms with Gasteiger partial charge in [0.05, 0.1) is 0 Å². The van der Waals surface area contributed by atoms with Crippen molar-refractivity contribution in [2.75, 3.05) is 5.73 Å². The first-order chi connectivity index (χ1) is 7.25. The molecule has 0 aliphatic rings. The molecule has 0 saturated carbocycles. The van der Waals surface area contributed by atoms with Crippen molar-refractivity contribution in [3.63, 3.8) is 0 Å². The number of nitrogens with two attached hydrogens (primary N) is 1. The van der Waals surface area contributed by atoms with Crippen LogP contribution in [0.25, 0.3) is 0 Å². The van der Waals surface area contributed by atoms with E-state index in [9.17, 15) is 0 Å². The molecule has 4 heteroatoms. The molecule has 0 aliphatic heterocycles. The van der Waals surface area contributed by atoms with E-state index in [0.717, 1.165) is 18.8 Å². The van der Waals surface area contributed by atoms with Crippen LogP contribution in [-0.4, -0.2) is 0 Å². The fraction of sp³-hybridized carbons (Fsp3) is 0.273. The van der Waals surface area contributed by atoms with Gasteiger partial charge in [0.2, 0.25) is 0 Å². The molecule has 2 heterocycles. The van der Waals surface area contributed by atoms with Crippen LogP contribution in [0.1, 0.15) is 14.6 Å². The van der Waals surface area contributed by atoms with Gasteiger partial charge in [0, 0.05) is 33.4 Å². The van der Waals surface area contributed by atoms with Crippen molar-refractivity contribution in [1.82, 2.24) is 5.32 Å². The largest absolute Gasteiger partial charge is 0.398 e. The SMILES string of the molecule is Cc1ccc(CNCc2sccc2N)s1. The van der Waals surface area contributed by atoms with Gasteiger partial charge in [-0.15, -0.1) is 22.7 Å². The molecule has 2 aromatic rings. The summed E-state index contributed by atoms with van der Waals surface area (Å²) in [5, 5.41) is 5.43. The Morgan fingerprint density at radius 3 is 2.73 bits per heavy atom. The number of thiophene rings is 2. The molecule has 80 valence electrons. The Morgan fingerprint density at radius 1 is 1.27 bits per heavy atom. The fourth-order valence-electron chi connectivity index (χ4n) is 1.37. The standard InChI is InChI=1S/C11H14N2S2/c1-8-2-3-9(15-8)6-13-7-11-10(12)4-5-14-11/h2-5,13H,6-7,12H2,1H3. The first-order valence-electron chi connectivity index (χ1n) is 4.83. The van der Waals surface area contributed by atoms with E-state index >= 15 is 0 Å². The second kappa shape index (κ2) is 4.79. The van der Waals surface area contributed by atoms with E-state index in [1.54, 1.807) is 11.3 Å². The van der Waals surface area contributed by atoms with Crippen LogP contribution < -0.4 is 11.1 Å². The molecule has 0 bridgehead atoms. The molecule has 0 fully saturated rings. The van der Waals surface area contributed by atoms with Crippen molar-refractivity contribution in [2.45, 2.75) is 20.0 Å². The number of nitrogens with one attached hydrogen (secondary N) is 1. The molecule has 2 rings (SSSR count). The summed E-state index contributed by atoms with van der Waals surface area (Å²) in [4.78, 5) is 3.97. The average molecular weight is 238 g/mol. The lowest BCUT2D eigenvalue weighted by atomic mass is 10.4. The zero-order valence-corrected chi connectivity index (χ0v) is 10.3. The third kappa shape index (κ3) is 2.81. The Labute approximate surface area is 97.8 Å². The molecule has 0 amide bonds. The lowest BCUT2D eigenvalue weighted by Crippen LogP contribution is -2.11. The molecule has 15 heavy (non-hydrogen) atoms. The predicted octanol–water partition coefficient (Wildman–Crippen LogP) is 2.99. The van der Waals surface area contributed by atoms with Crippen LogP contribution in [0.15, 0.2) is 23.6 Å². The molecule has 0 unspecified atom stereocenters. The lowest BCUT2D eigenvalue weighted by Gasteiger charge is -2.01. The predicted molar refractivity (Wildman–Crippen MR) is 68.3 cm³/mol. The lowest BCUT2D eigenvalue weighted by molar-refractivity contribution is 0.710. The summed E-state index contributed by atoms with van der Waals surface area (Å²) < 4.78 is 0. The van der Waals surface area contributed by atoms with Gasteiger partial charge in [-0.3, -0.25) is 0 Å². The topological polar surface area (TPSA) is 38.0 Å². The highest BCUT2D eigenvalue weighted by Crippen LogP contribution is 2.19. The van der Waals surface area contributed by atoms with Crippen molar-refractivity contribution in [1.29, 1.82) is 0 Å². The number of nitrogen functional groups attached to an aromatic ring is 1. The van der Waals surface area contributed by atoms with E-state index in [4.69, 9.17) is 5.73 Å². The van der Waals surface area contributed by atoms with Gasteiger partial charge >= 0.3 is 0 Å². The molecule has 0 aliphatic carbocycles. The third-order valence-electron chi connectivity index (χ3n) is 2.16. The number of hydrogen-bond donors (Lipinski definition) is 2. The van der Waals surface area contributed by atoms with E-state index in [-0.39, 0.29) is 0 Å². The fourth-order valence-corrected chi connectivity index (χ4v) is 3.00. The second-order valence-electron chi connectivity index (χ2n) is 3.42. The summed E-state index contributed by atoms with van der Waals surface area (Å²) in [7, 11) is 0. The Hall–Kier alpha value is -0.840. The molecular weight excluding hydrogens is 224 g/mol. The Balaban J connectivity index is 1.83. The molecular formula is C11H14N2S2. The molecule has 2 nitrogen and oxygen atoms in total. The minimum atomic E-state index is 0.862. The quantitative estimate of drug-likeness (QED) is 0.859. The molecule has 0 aromatic carbocycles. The van der Waals surface area contributed by atoms with Crippen LogP contribution in [0.4, 0.5) is 5.69 Å². The van der Waals surface area contributed by atoms with Crippen LogP contribution >= 0.6 is 22.7 Å². The Bertz CT molecular complexity index is 431. The Kier molecular flexibility index (Phi) is 3.41. The van der Waals surface area contributed by atoms with Crippen molar-refractivity contribution in [3.05, 3.63) is 38.2 Å². The van der Waals surface area contributed by atoms with Gasteiger partial charge in [-0.05, 0) is 30.5 Å². The number of hydrogen-bond acceptors (Lipinski definition) is 4. The van der Waals surface area contributed by atoms with Crippen LogP contribution in [-0.2, 0) is 13.1 Å². The zero-order chi connectivity index (χ0) is 10.7. The van der Waals surface area contributed by atoms with Gasteiger partial charge in [0.15, 0.2) is 0 Å². The van der Waals surface area contributed by atoms with Crippen LogP contribution in [0, 0.1) is 6.92 Å². The highest BCUT2D eigenvalue weighted by atomic mass is 32.1. The maximum Gasteiger partial charge on any atom is 0.0468 e. The van der Waals surface area contributed by atoms with Gasteiger partial charge < -0.3 is 11.1 Å². The second-order valence-corrected chi connectivity index (χ2v) is 5.79. The molecule has 0 saturated heterocycles. The highest BCUT2D eigenvalue weighted by molar-refractivity contribution is 7.11. The van der Waals surface area contributed by atoms with Crippen molar-refractivity contribution in [2.24, 2.45) is 0 Å². The maximum atomic E-state index is 5.80. The maximum absolute atomic E-state index is 5.80. The summed E-state index contributed by atoms with van der Waals surface area (Å²) in [5.74, 6) is 0. The normalized spacial score (nSPS) is 10.7. The van der Waals surface area contributed by atoms with E-state index in [1.165, 1.54) is 14.6 Å². The number of rotatable bonds is 4. The monoisotopic (exact) mass is 238 g/mol. The molecule has 2 aromatic heterocycles. The smallest absolute Gasteiger partial charge is 0.0468 e.